The highest BCUT2D eigenvalue weighted by Crippen LogP contribution is 2.33. The molecule has 0 aromatic rings. The van der Waals surface area contributed by atoms with E-state index in [2.05, 4.69) is 6.92 Å². The summed E-state index contributed by atoms with van der Waals surface area (Å²) >= 11 is 0. The molecule has 0 aromatic heterocycles. The summed E-state index contributed by atoms with van der Waals surface area (Å²) in [7, 11) is 0. The molecule has 1 rings (SSSR count). The minimum absolute atomic E-state index is 0.132. The van der Waals surface area contributed by atoms with Crippen molar-refractivity contribution >= 4 is 5.97 Å². The van der Waals surface area contributed by atoms with Crippen molar-refractivity contribution in [1.29, 1.82) is 0 Å². The zero-order chi connectivity index (χ0) is 13.4. The van der Waals surface area contributed by atoms with Crippen LogP contribution in [0.4, 0.5) is 0 Å². The first kappa shape index (κ1) is 15.4. The summed E-state index contributed by atoms with van der Waals surface area (Å²) < 4.78 is 10.8. The Balaban J connectivity index is 2.59. The number of carbonyl (C=O) groups excluding carboxylic acids is 1. The minimum Gasteiger partial charge on any atom is -0.466 e. The lowest BCUT2D eigenvalue weighted by Crippen LogP contribution is -2.40. The number of rotatable bonds is 8. The molecule has 1 heterocycles. The van der Waals surface area contributed by atoms with Crippen molar-refractivity contribution in [3.8, 4) is 0 Å². The second-order valence-corrected chi connectivity index (χ2v) is 5.13. The predicted molar refractivity (Wildman–Crippen MR) is 71.2 cm³/mol. The fourth-order valence-electron chi connectivity index (χ4n) is 2.69. The van der Waals surface area contributed by atoms with Gasteiger partial charge in [0.15, 0.2) is 0 Å². The van der Waals surface area contributed by atoms with Gasteiger partial charge >= 0.3 is 5.97 Å². The minimum atomic E-state index is -0.503. The van der Waals surface area contributed by atoms with E-state index in [4.69, 9.17) is 15.2 Å². The van der Waals surface area contributed by atoms with Crippen LogP contribution in [0.5, 0.6) is 0 Å². The van der Waals surface area contributed by atoms with Crippen molar-refractivity contribution < 1.29 is 14.3 Å². The van der Waals surface area contributed by atoms with Crippen LogP contribution in [0.25, 0.3) is 0 Å². The molecule has 0 aliphatic carbocycles. The van der Waals surface area contributed by atoms with Crippen molar-refractivity contribution in [1.82, 2.24) is 0 Å². The van der Waals surface area contributed by atoms with Crippen LogP contribution < -0.4 is 5.73 Å². The number of hydrogen-bond donors (Lipinski definition) is 1. The third-order valence-corrected chi connectivity index (χ3v) is 3.80. The molecule has 4 nitrogen and oxygen atoms in total. The zero-order valence-electron chi connectivity index (χ0n) is 11.7. The monoisotopic (exact) mass is 257 g/mol. The van der Waals surface area contributed by atoms with Gasteiger partial charge in [-0.2, -0.15) is 0 Å². The van der Waals surface area contributed by atoms with Gasteiger partial charge in [-0.3, -0.25) is 4.79 Å². The molecule has 1 fully saturated rings. The lowest BCUT2D eigenvalue weighted by atomic mass is 9.78. The smallest absolute Gasteiger partial charge is 0.313 e. The summed E-state index contributed by atoms with van der Waals surface area (Å²) in [6, 6.07) is 0. The number of carbonyl (C=O) groups is 1. The van der Waals surface area contributed by atoms with Crippen molar-refractivity contribution in [3.05, 3.63) is 0 Å². The average molecular weight is 257 g/mol. The van der Waals surface area contributed by atoms with E-state index in [9.17, 15) is 4.79 Å². The molecule has 0 radical (unpaired) electrons. The SMILES string of the molecule is CCCC(CN)(CCC1CCCO1)C(=O)OCC. The number of nitrogens with two attached hydrogens (primary N) is 1. The van der Waals surface area contributed by atoms with Crippen molar-refractivity contribution in [3.63, 3.8) is 0 Å². The van der Waals surface area contributed by atoms with Crippen LogP contribution in [0.3, 0.4) is 0 Å². The first-order chi connectivity index (χ1) is 8.68. The molecule has 2 N–H and O–H groups in total. The quantitative estimate of drug-likeness (QED) is 0.677. The number of hydrogen-bond acceptors (Lipinski definition) is 4. The summed E-state index contributed by atoms with van der Waals surface area (Å²) in [6.45, 7) is 5.56. The van der Waals surface area contributed by atoms with Crippen molar-refractivity contribution in [2.75, 3.05) is 19.8 Å². The van der Waals surface area contributed by atoms with E-state index in [1.54, 1.807) is 0 Å². The van der Waals surface area contributed by atoms with E-state index in [0.29, 0.717) is 19.3 Å². The van der Waals surface area contributed by atoms with E-state index in [0.717, 1.165) is 45.1 Å². The highest BCUT2D eigenvalue weighted by atomic mass is 16.5. The maximum absolute atomic E-state index is 12.1. The van der Waals surface area contributed by atoms with Crippen LogP contribution in [0.1, 0.15) is 52.4 Å². The van der Waals surface area contributed by atoms with Gasteiger partial charge in [0.05, 0.1) is 18.1 Å². The van der Waals surface area contributed by atoms with Gasteiger partial charge in [0.1, 0.15) is 0 Å². The van der Waals surface area contributed by atoms with E-state index in [1.807, 2.05) is 6.92 Å². The van der Waals surface area contributed by atoms with Gasteiger partial charge in [-0.05, 0) is 39.0 Å². The molecule has 0 bridgehead atoms. The first-order valence-corrected chi connectivity index (χ1v) is 7.17. The molecular formula is C14H27NO3. The van der Waals surface area contributed by atoms with Gasteiger partial charge in [-0.15, -0.1) is 0 Å². The molecule has 0 saturated carbocycles. The summed E-state index contributed by atoms with van der Waals surface area (Å²) in [5.41, 5.74) is 5.36. The molecule has 4 heteroatoms. The highest BCUT2D eigenvalue weighted by molar-refractivity contribution is 5.77. The Morgan fingerprint density at radius 1 is 1.44 bits per heavy atom. The Hall–Kier alpha value is -0.610. The largest absolute Gasteiger partial charge is 0.466 e. The Bertz CT molecular complexity index is 251. The molecule has 2 atom stereocenters. The second kappa shape index (κ2) is 7.74. The van der Waals surface area contributed by atoms with Crippen molar-refractivity contribution in [2.45, 2.75) is 58.5 Å². The molecule has 18 heavy (non-hydrogen) atoms. The summed E-state index contributed by atoms with van der Waals surface area (Å²) in [5, 5.41) is 0. The Kier molecular flexibility index (Phi) is 6.65. The van der Waals surface area contributed by atoms with E-state index in [-0.39, 0.29) is 5.97 Å². The van der Waals surface area contributed by atoms with Gasteiger partial charge < -0.3 is 15.2 Å². The summed E-state index contributed by atoms with van der Waals surface area (Å²) in [5.74, 6) is -0.132. The fourth-order valence-corrected chi connectivity index (χ4v) is 2.69. The normalized spacial score (nSPS) is 22.7. The van der Waals surface area contributed by atoms with Gasteiger partial charge in [-0.1, -0.05) is 13.3 Å². The first-order valence-electron chi connectivity index (χ1n) is 7.17. The Morgan fingerprint density at radius 2 is 2.22 bits per heavy atom. The van der Waals surface area contributed by atoms with Gasteiger partial charge in [0.2, 0.25) is 0 Å². The van der Waals surface area contributed by atoms with Crippen LogP contribution in [0, 0.1) is 5.41 Å². The molecule has 1 aliphatic heterocycles. The fraction of sp³-hybridized carbons (Fsp3) is 0.929. The molecule has 0 spiro atoms. The number of esters is 1. The zero-order valence-corrected chi connectivity index (χ0v) is 11.7. The molecule has 0 aromatic carbocycles. The Labute approximate surface area is 110 Å². The van der Waals surface area contributed by atoms with Gasteiger partial charge in [0, 0.05) is 13.2 Å². The van der Waals surface area contributed by atoms with Gasteiger partial charge in [0.25, 0.3) is 0 Å². The van der Waals surface area contributed by atoms with E-state index < -0.39 is 5.41 Å². The van der Waals surface area contributed by atoms with E-state index in [1.165, 1.54) is 0 Å². The standard InChI is InChI=1S/C14H27NO3/c1-3-8-14(11-15,13(16)17-4-2)9-7-12-6-5-10-18-12/h12H,3-11,15H2,1-2H3. The summed E-state index contributed by atoms with van der Waals surface area (Å²) in [4.78, 5) is 12.1. The molecule has 0 amide bonds. The van der Waals surface area contributed by atoms with E-state index >= 15 is 0 Å². The third-order valence-electron chi connectivity index (χ3n) is 3.80. The second-order valence-electron chi connectivity index (χ2n) is 5.13. The van der Waals surface area contributed by atoms with Crippen LogP contribution in [0.2, 0.25) is 0 Å². The van der Waals surface area contributed by atoms with Crippen LogP contribution in [0.15, 0.2) is 0 Å². The molecule has 1 aliphatic rings. The number of ether oxygens (including phenoxy) is 2. The van der Waals surface area contributed by atoms with Crippen LogP contribution >= 0.6 is 0 Å². The lowest BCUT2D eigenvalue weighted by molar-refractivity contribution is -0.156. The van der Waals surface area contributed by atoms with Gasteiger partial charge in [-0.25, -0.2) is 0 Å². The average Bonchev–Trinajstić information content (AvgIpc) is 2.88. The summed E-state index contributed by atoms with van der Waals surface area (Å²) in [6.07, 6.45) is 5.98. The molecular weight excluding hydrogens is 230 g/mol. The molecule has 1 saturated heterocycles. The maximum Gasteiger partial charge on any atom is 0.313 e. The molecule has 106 valence electrons. The maximum atomic E-state index is 12.1. The third kappa shape index (κ3) is 3.95. The van der Waals surface area contributed by atoms with Crippen LogP contribution in [-0.4, -0.2) is 31.8 Å². The lowest BCUT2D eigenvalue weighted by Gasteiger charge is -2.30. The topological polar surface area (TPSA) is 61.5 Å². The van der Waals surface area contributed by atoms with Crippen molar-refractivity contribution in [2.24, 2.45) is 11.1 Å². The predicted octanol–water partition coefficient (Wildman–Crippen LogP) is 2.25. The molecule has 2 unspecified atom stereocenters. The Morgan fingerprint density at radius 3 is 2.72 bits per heavy atom. The van der Waals surface area contributed by atoms with Crippen LogP contribution in [-0.2, 0) is 14.3 Å². The highest BCUT2D eigenvalue weighted by Gasteiger charge is 2.38.